The van der Waals surface area contributed by atoms with E-state index >= 15 is 0 Å². The average Bonchev–Trinajstić information content (AvgIpc) is 2.60. The van der Waals surface area contributed by atoms with E-state index in [-0.39, 0.29) is 12.3 Å². The van der Waals surface area contributed by atoms with Gasteiger partial charge in [-0.25, -0.2) is 0 Å². The van der Waals surface area contributed by atoms with E-state index in [4.69, 9.17) is 16.3 Å². The van der Waals surface area contributed by atoms with Gasteiger partial charge in [-0.2, -0.15) is 13.2 Å². The SMILES string of the molecule is CN(CC(=O)Nc1ccccc1C(F)(F)F)C(=O)COc1ccc(Cl)cc1Br. The number of nitrogens with zero attached hydrogens (tertiary/aromatic N) is 1. The molecule has 2 aromatic rings. The molecule has 2 aromatic carbocycles. The van der Waals surface area contributed by atoms with Crippen LogP contribution in [0.5, 0.6) is 5.75 Å². The minimum Gasteiger partial charge on any atom is -0.483 e. The summed E-state index contributed by atoms with van der Waals surface area (Å²) in [6.45, 7) is -0.792. The standard InChI is InChI=1S/C18H15BrClF3N2O3/c1-25(17(27)10-28-15-7-6-11(20)8-13(15)19)9-16(26)24-14-5-3-2-4-12(14)18(21,22)23/h2-8H,9-10H2,1H3,(H,24,26). The van der Waals surface area contributed by atoms with Crippen molar-refractivity contribution in [2.45, 2.75) is 6.18 Å². The minimum atomic E-state index is -4.61. The molecular formula is C18H15BrClF3N2O3. The predicted molar refractivity (Wildman–Crippen MR) is 102 cm³/mol. The Balaban J connectivity index is 1.92. The molecule has 0 bridgehead atoms. The number of carbonyl (C=O) groups excluding carboxylic acids is 2. The normalized spacial score (nSPS) is 11.1. The van der Waals surface area contributed by atoms with Crippen molar-refractivity contribution in [2.24, 2.45) is 0 Å². The molecule has 0 saturated carbocycles. The Morgan fingerprint density at radius 3 is 2.54 bits per heavy atom. The fourth-order valence-corrected chi connectivity index (χ4v) is 2.97. The molecule has 0 aliphatic carbocycles. The van der Waals surface area contributed by atoms with Crippen molar-refractivity contribution in [2.75, 3.05) is 25.5 Å². The van der Waals surface area contributed by atoms with E-state index in [1.807, 2.05) is 0 Å². The molecule has 0 heterocycles. The van der Waals surface area contributed by atoms with Gasteiger partial charge in [0.25, 0.3) is 5.91 Å². The van der Waals surface area contributed by atoms with E-state index in [2.05, 4.69) is 21.2 Å². The molecule has 10 heteroatoms. The first-order valence-electron chi connectivity index (χ1n) is 7.86. The summed E-state index contributed by atoms with van der Waals surface area (Å²) in [5.74, 6) is -0.906. The van der Waals surface area contributed by atoms with Crippen molar-refractivity contribution in [3.63, 3.8) is 0 Å². The third-order valence-corrected chi connectivity index (χ3v) is 4.41. The summed E-state index contributed by atoms with van der Waals surface area (Å²) in [5, 5.41) is 2.66. The van der Waals surface area contributed by atoms with E-state index < -0.39 is 30.1 Å². The maximum Gasteiger partial charge on any atom is 0.418 e. The van der Waals surface area contributed by atoms with E-state index in [9.17, 15) is 22.8 Å². The second-order valence-corrected chi connectivity index (χ2v) is 7.00. The van der Waals surface area contributed by atoms with Crippen molar-refractivity contribution in [1.29, 1.82) is 0 Å². The number of anilines is 1. The van der Waals surface area contributed by atoms with Gasteiger partial charge in [0, 0.05) is 12.1 Å². The highest BCUT2D eigenvalue weighted by molar-refractivity contribution is 9.10. The first-order chi connectivity index (χ1) is 13.1. The summed E-state index contributed by atoms with van der Waals surface area (Å²) in [6, 6.07) is 9.35. The fraction of sp³-hybridized carbons (Fsp3) is 0.222. The monoisotopic (exact) mass is 478 g/mol. The number of likely N-dealkylation sites (N-methyl/N-ethyl adjacent to an activating group) is 1. The average molecular weight is 480 g/mol. The van der Waals surface area contributed by atoms with Gasteiger partial charge in [0.05, 0.1) is 22.3 Å². The number of alkyl halides is 3. The summed E-state index contributed by atoms with van der Waals surface area (Å²) in [7, 11) is 1.35. The topological polar surface area (TPSA) is 58.6 Å². The van der Waals surface area contributed by atoms with Crippen LogP contribution in [0, 0.1) is 0 Å². The highest BCUT2D eigenvalue weighted by Gasteiger charge is 2.33. The smallest absolute Gasteiger partial charge is 0.418 e. The summed E-state index contributed by atoms with van der Waals surface area (Å²) < 4.78 is 44.8. The van der Waals surface area contributed by atoms with Crippen molar-refractivity contribution in [3.8, 4) is 5.75 Å². The molecule has 150 valence electrons. The van der Waals surface area contributed by atoms with Gasteiger partial charge in [0.2, 0.25) is 5.91 Å². The lowest BCUT2D eigenvalue weighted by Gasteiger charge is -2.18. The zero-order valence-electron chi connectivity index (χ0n) is 14.5. The molecule has 28 heavy (non-hydrogen) atoms. The maximum atomic E-state index is 13.0. The van der Waals surface area contributed by atoms with Crippen LogP contribution in [-0.2, 0) is 15.8 Å². The van der Waals surface area contributed by atoms with Crippen molar-refractivity contribution in [1.82, 2.24) is 4.90 Å². The molecule has 0 radical (unpaired) electrons. The van der Waals surface area contributed by atoms with Gasteiger partial charge in [0.1, 0.15) is 5.75 Å². The fourth-order valence-electron chi connectivity index (χ4n) is 2.17. The van der Waals surface area contributed by atoms with Crippen molar-refractivity contribution in [3.05, 3.63) is 57.5 Å². The zero-order valence-corrected chi connectivity index (χ0v) is 16.9. The number of ether oxygens (including phenoxy) is 1. The zero-order chi connectivity index (χ0) is 20.9. The molecule has 5 nitrogen and oxygen atoms in total. The molecule has 0 unspecified atom stereocenters. The van der Waals surface area contributed by atoms with Crippen LogP contribution >= 0.6 is 27.5 Å². The van der Waals surface area contributed by atoms with Gasteiger partial charge in [0.15, 0.2) is 6.61 Å². The van der Waals surface area contributed by atoms with Crippen molar-refractivity contribution < 1.29 is 27.5 Å². The molecule has 0 fully saturated rings. The predicted octanol–water partition coefficient (Wildman–Crippen LogP) is 4.60. The molecule has 0 atom stereocenters. The molecule has 0 aliphatic heterocycles. The molecule has 0 saturated heterocycles. The largest absolute Gasteiger partial charge is 0.483 e. The van der Waals surface area contributed by atoms with Gasteiger partial charge in [-0.15, -0.1) is 0 Å². The Morgan fingerprint density at radius 2 is 1.89 bits per heavy atom. The second-order valence-electron chi connectivity index (χ2n) is 5.70. The molecule has 2 amide bonds. The number of carbonyl (C=O) groups is 2. The Labute approximate surface area is 172 Å². The third kappa shape index (κ3) is 6.13. The Morgan fingerprint density at radius 1 is 1.21 bits per heavy atom. The lowest BCUT2D eigenvalue weighted by atomic mass is 10.1. The van der Waals surface area contributed by atoms with Crippen LogP contribution in [-0.4, -0.2) is 36.9 Å². The lowest BCUT2D eigenvalue weighted by Crippen LogP contribution is -2.37. The van der Waals surface area contributed by atoms with Crippen LogP contribution in [0.4, 0.5) is 18.9 Å². The van der Waals surface area contributed by atoms with Gasteiger partial charge < -0.3 is 15.0 Å². The number of amides is 2. The molecule has 0 aromatic heterocycles. The number of nitrogens with one attached hydrogen (secondary N) is 1. The summed E-state index contributed by atoms with van der Waals surface area (Å²) in [5.41, 5.74) is -1.34. The van der Waals surface area contributed by atoms with Crippen LogP contribution in [0.2, 0.25) is 5.02 Å². The van der Waals surface area contributed by atoms with Crippen LogP contribution in [0.1, 0.15) is 5.56 Å². The number of halogens is 5. The molecule has 2 rings (SSSR count). The number of hydrogen-bond acceptors (Lipinski definition) is 3. The maximum absolute atomic E-state index is 13.0. The van der Waals surface area contributed by atoms with Gasteiger partial charge in [-0.1, -0.05) is 23.7 Å². The van der Waals surface area contributed by atoms with Crippen LogP contribution in [0.25, 0.3) is 0 Å². The quantitative estimate of drug-likeness (QED) is 0.659. The van der Waals surface area contributed by atoms with Crippen LogP contribution < -0.4 is 10.1 Å². The minimum absolute atomic E-state index is 0.358. The van der Waals surface area contributed by atoms with E-state index in [1.165, 1.54) is 19.2 Å². The first kappa shape index (κ1) is 22.0. The molecular weight excluding hydrogens is 465 g/mol. The Bertz CT molecular complexity index is 877. The van der Waals surface area contributed by atoms with Crippen LogP contribution in [0.3, 0.4) is 0 Å². The van der Waals surface area contributed by atoms with E-state index in [0.29, 0.717) is 15.2 Å². The summed E-state index contributed by atoms with van der Waals surface area (Å²) >= 11 is 9.06. The van der Waals surface area contributed by atoms with Gasteiger partial charge >= 0.3 is 6.18 Å². The van der Waals surface area contributed by atoms with E-state index in [1.54, 1.807) is 18.2 Å². The third-order valence-electron chi connectivity index (χ3n) is 3.56. The first-order valence-corrected chi connectivity index (χ1v) is 9.03. The second kappa shape index (κ2) is 9.29. The summed E-state index contributed by atoms with van der Waals surface area (Å²) in [4.78, 5) is 25.2. The van der Waals surface area contributed by atoms with Gasteiger partial charge in [-0.05, 0) is 46.3 Å². The van der Waals surface area contributed by atoms with Crippen molar-refractivity contribution >= 4 is 45.0 Å². The highest BCUT2D eigenvalue weighted by Crippen LogP contribution is 2.34. The van der Waals surface area contributed by atoms with Gasteiger partial charge in [-0.3, -0.25) is 9.59 Å². The van der Waals surface area contributed by atoms with E-state index in [0.717, 1.165) is 17.0 Å². The van der Waals surface area contributed by atoms with Crippen LogP contribution in [0.15, 0.2) is 46.9 Å². The Kier molecular flexibility index (Phi) is 7.31. The highest BCUT2D eigenvalue weighted by atomic mass is 79.9. The number of para-hydroxylation sites is 1. The Hall–Kier alpha value is -2.26. The number of benzene rings is 2. The molecule has 0 spiro atoms. The number of hydrogen-bond donors (Lipinski definition) is 1. The number of rotatable bonds is 6. The molecule has 1 N–H and O–H groups in total. The lowest BCUT2D eigenvalue weighted by molar-refractivity contribution is -0.137. The molecule has 0 aliphatic rings. The summed E-state index contributed by atoms with van der Waals surface area (Å²) in [6.07, 6.45) is -4.61.